The minimum atomic E-state index is -0.942. The molecule has 0 unspecified atom stereocenters. The van der Waals surface area contributed by atoms with Gasteiger partial charge in [0, 0.05) is 29.9 Å². The molecule has 0 atom stereocenters. The molecular weight excluding hydrogens is 262 g/mol. The van der Waals surface area contributed by atoms with Gasteiger partial charge in [-0.3, -0.25) is 0 Å². The van der Waals surface area contributed by atoms with Crippen molar-refractivity contribution < 1.29 is 9.90 Å². The maximum absolute atomic E-state index is 10.6. The summed E-state index contributed by atoms with van der Waals surface area (Å²) in [6.07, 6.45) is 3.91. The van der Waals surface area contributed by atoms with Gasteiger partial charge in [-0.25, -0.2) is 4.79 Å². The lowest BCUT2D eigenvalue weighted by Gasteiger charge is -2.23. The fraction of sp³-hybridized carbons (Fsp3) is 0.400. The first-order valence-corrected chi connectivity index (χ1v) is 6.71. The topological polar surface area (TPSA) is 40.5 Å². The largest absolute Gasteiger partial charge is 0.478 e. The maximum atomic E-state index is 10.6. The average molecular weight is 280 g/mol. The van der Waals surface area contributed by atoms with Crippen LogP contribution in [-0.4, -0.2) is 24.2 Å². The standard InChI is InChI=1S/C15H18ClNO2/c1-15(2)7-8-17(10-15)13-9-12(16)5-3-11(13)4-6-14(18)19/h3-6,9H,7-8,10H2,1-2H3,(H,18,19)/b6-4+. The molecule has 1 aromatic carbocycles. The predicted molar refractivity (Wildman–Crippen MR) is 78.7 cm³/mol. The van der Waals surface area contributed by atoms with E-state index in [1.807, 2.05) is 12.1 Å². The highest BCUT2D eigenvalue weighted by Crippen LogP contribution is 2.35. The molecule has 1 saturated heterocycles. The molecule has 1 aliphatic heterocycles. The molecule has 1 N–H and O–H groups in total. The maximum Gasteiger partial charge on any atom is 0.328 e. The van der Waals surface area contributed by atoms with Gasteiger partial charge in [0.1, 0.15) is 0 Å². The van der Waals surface area contributed by atoms with Gasteiger partial charge >= 0.3 is 5.97 Å². The zero-order valence-electron chi connectivity index (χ0n) is 11.2. The molecule has 0 amide bonds. The molecule has 2 rings (SSSR count). The lowest BCUT2D eigenvalue weighted by atomic mass is 9.93. The van der Waals surface area contributed by atoms with E-state index in [9.17, 15) is 4.79 Å². The summed E-state index contributed by atoms with van der Waals surface area (Å²) >= 11 is 6.06. The van der Waals surface area contributed by atoms with Gasteiger partial charge in [-0.2, -0.15) is 0 Å². The first kappa shape index (κ1) is 13.9. The third kappa shape index (κ3) is 3.51. The molecule has 19 heavy (non-hydrogen) atoms. The Labute approximate surface area is 118 Å². The number of benzene rings is 1. The zero-order chi connectivity index (χ0) is 14.0. The molecule has 0 saturated carbocycles. The van der Waals surface area contributed by atoms with Crippen LogP contribution in [0.3, 0.4) is 0 Å². The molecule has 1 aliphatic rings. The average Bonchev–Trinajstić information content (AvgIpc) is 2.68. The van der Waals surface area contributed by atoms with Crippen molar-refractivity contribution in [2.45, 2.75) is 20.3 Å². The Morgan fingerprint density at radius 1 is 1.47 bits per heavy atom. The molecule has 102 valence electrons. The van der Waals surface area contributed by atoms with Gasteiger partial charge in [0.15, 0.2) is 0 Å². The SMILES string of the molecule is CC1(C)CCN(c2cc(Cl)ccc2/C=C/C(=O)O)C1. The summed E-state index contributed by atoms with van der Waals surface area (Å²) in [5, 5.41) is 9.42. The fourth-order valence-corrected chi connectivity index (χ4v) is 2.58. The van der Waals surface area contributed by atoms with Crippen molar-refractivity contribution in [3.05, 3.63) is 34.9 Å². The Kier molecular flexibility index (Phi) is 3.85. The summed E-state index contributed by atoms with van der Waals surface area (Å²) in [5.74, 6) is -0.942. The van der Waals surface area contributed by atoms with E-state index in [2.05, 4.69) is 18.7 Å². The molecular formula is C15H18ClNO2. The third-order valence-electron chi connectivity index (χ3n) is 3.42. The van der Waals surface area contributed by atoms with Crippen LogP contribution in [0.2, 0.25) is 5.02 Å². The van der Waals surface area contributed by atoms with E-state index in [-0.39, 0.29) is 5.41 Å². The molecule has 0 radical (unpaired) electrons. The normalized spacial score (nSPS) is 18.2. The number of halogens is 1. The monoisotopic (exact) mass is 279 g/mol. The van der Waals surface area contributed by atoms with Gasteiger partial charge in [-0.15, -0.1) is 0 Å². The summed E-state index contributed by atoms with van der Waals surface area (Å²) < 4.78 is 0. The lowest BCUT2D eigenvalue weighted by molar-refractivity contribution is -0.131. The van der Waals surface area contributed by atoms with E-state index in [1.165, 1.54) is 0 Å². The Hall–Kier alpha value is -1.48. The molecule has 0 aromatic heterocycles. The van der Waals surface area contributed by atoms with E-state index in [0.29, 0.717) is 5.02 Å². The number of hydrogen-bond acceptors (Lipinski definition) is 2. The van der Waals surface area contributed by atoms with Crippen LogP contribution >= 0.6 is 11.6 Å². The summed E-state index contributed by atoms with van der Waals surface area (Å²) in [4.78, 5) is 12.9. The van der Waals surface area contributed by atoms with Gasteiger partial charge in [0.2, 0.25) is 0 Å². The summed E-state index contributed by atoms with van der Waals surface area (Å²) in [6, 6.07) is 5.56. The number of nitrogens with zero attached hydrogens (tertiary/aromatic N) is 1. The van der Waals surface area contributed by atoms with E-state index in [4.69, 9.17) is 16.7 Å². The van der Waals surface area contributed by atoms with Crippen LogP contribution in [0.1, 0.15) is 25.8 Å². The molecule has 1 fully saturated rings. The summed E-state index contributed by atoms with van der Waals surface area (Å²) in [6.45, 7) is 6.41. The summed E-state index contributed by atoms with van der Waals surface area (Å²) in [7, 11) is 0. The first-order chi connectivity index (χ1) is 8.87. The molecule has 1 aromatic rings. The fourth-order valence-electron chi connectivity index (χ4n) is 2.41. The highest BCUT2D eigenvalue weighted by molar-refractivity contribution is 6.31. The van der Waals surface area contributed by atoms with Crippen molar-refractivity contribution in [3.8, 4) is 0 Å². The highest BCUT2D eigenvalue weighted by Gasteiger charge is 2.30. The lowest BCUT2D eigenvalue weighted by Crippen LogP contribution is -2.23. The number of carboxylic acids is 1. The second kappa shape index (κ2) is 5.25. The first-order valence-electron chi connectivity index (χ1n) is 6.33. The number of carbonyl (C=O) groups is 1. The molecule has 4 heteroatoms. The number of anilines is 1. The number of rotatable bonds is 3. The number of aliphatic carboxylic acids is 1. The third-order valence-corrected chi connectivity index (χ3v) is 3.65. The van der Waals surface area contributed by atoms with Gasteiger partial charge < -0.3 is 10.0 Å². The van der Waals surface area contributed by atoms with Crippen molar-refractivity contribution in [3.63, 3.8) is 0 Å². The van der Waals surface area contributed by atoms with Crippen molar-refractivity contribution in [1.82, 2.24) is 0 Å². The minimum Gasteiger partial charge on any atom is -0.478 e. The molecule has 0 aliphatic carbocycles. The van der Waals surface area contributed by atoms with E-state index >= 15 is 0 Å². The second-order valence-corrected chi connectivity index (χ2v) is 6.15. The van der Waals surface area contributed by atoms with Gasteiger partial charge in [-0.1, -0.05) is 31.5 Å². The Morgan fingerprint density at radius 3 is 2.79 bits per heavy atom. The summed E-state index contributed by atoms with van der Waals surface area (Å²) in [5.41, 5.74) is 2.19. The van der Waals surface area contributed by atoms with Crippen molar-refractivity contribution in [1.29, 1.82) is 0 Å². The van der Waals surface area contributed by atoms with Crippen LogP contribution in [0, 0.1) is 5.41 Å². The van der Waals surface area contributed by atoms with Crippen LogP contribution in [0.15, 0.2) is 24.3 Å². The Morgan fingerprint density at radius 2 is 2.21 bits per heavy atom. The Bertz CT molecular complexity index is 523. The quantitative estimate of drug-likeness (QED) is 0.858. The Balaban J connectivity index is 2.33. The van der Waals surface area contributed by atoms with Crippen molar-refractivity contribution in [2.75, 3.05) is 18.0 Å². The molecule has 1 heterocycles. The van der Waals surface area contributed by atoms with Crippen LogP contribution in [0.5, 0.6) is 0 Å². The van der Waals surface area contributed by atoms with Gasteiger partial charge in [0.25, 0.3) is 0 Å². The van der Waals surface area contributed by atoms with Crippen LogP contribution in [0.4, 0.5) is 5.69 Å². The van der Waals surface area contributed by atoms with Crippen LogP contribution in [0.25, 0.3) is 6.08 Å². The zero-order valence-corrected chi connectivity index (χ0v) is 11.9. The predicted octanol–water partition coefficient (Wildman–Crippen LogP) is 3.67. The van der Waals surface area contributed by atoms with Crippen molar-refractivity contribution >= 4 is 29.3 Å². The van der Waals surface area contributed by atoms with E-state index < -0.39 is 5.97 Å². The molecule has 0 spiro atoms. The minimum absolute atomic E-state index is 0.288. The number of carboxylic acid groups (broad SMARTS) is 1. The van der Waals surface area contributed by atoms with E-state index in [0.717, 1.165) is 36.8 Å². The van der Waals surface area contributed by atoms with E-state index in [1.54, 1.807) is 12.1 Å². The highest BCUT2D eigenvalue weighted by atomic mass is 35.5. The molecule has 0 bridgehead atoms. The second-order valence-electron chi connectivity index (χ2n) is 5.71. The smallest absolute Gasteiger partial charge is 0.328 e. The van der Waals surface area contributed by atoms with Gasteiger partial charge in [-0.05, 0) is 35.6 Å². The number of hydrogen-bond donors (Lipinski definition) is 1. The van der Waals surface area contributed by atoms with Crippen molar-refractivity contribution in [2.24, 2.45) is 5.41 Å². The van der Waals surface area contributed by atoms with Crippen LogP contribution < -0.4 is 4.90 Å². The van der Waals surface area contributed by atoms with Gasteiger partial charge in [0.05, 0.1) is 0 Å². The molecule has 3 nitrogen and oxygen atoms in total. The van der Waals surface area contributed by atoms with Crippen LogP contribution in [-0.2, 0) is 4.79 Å².